The van der Waals surface area contributed by atoms with Gasteiger partial charge in [-0.05, 0) is 82.9 Å². The summed E-state index contributed by atoms with van der Waals surface area (Å²) in [6.07, 6.45) is 0. The van der Waals surface area contributed by atoms with Crippen molar-refractivity contribution in [2.75, 3.05) is 0 Å². The third-order valence-corrected chi connectivity index (χ3v) is 11.1. The van der Waals surface area contributed by atoms with Gasteiger partial charge in [-0.15, -0.1) is 0 Å². The van der Waals surface area contributed by atoms with Crippen molar-refractivity contribution in [2.24, 2.45) is 0 Å². The van der Waals surface area contributed by atoms with Gasteiger partial charge < -0.3 is 9.13 Å². The van der Waals surface area contributed by atoms with Crippen molar-refractivity contribution < 1.29 is 0 Å². The number of para-hydroxylation sites is 3. The highest BCUT2D eigenvalue weighted by Crippen LogP contribution is 2.39. The summed E-state index contributed by atoms with van der Waals surface area (Å²) in [6, 6.07) is 76.3. The van der Waals surface area contributed by atoms with Crippen LogP contribution in [0.3, 0.4) is 0 Å². The quantitative estimate of drug-likeness (QED) is 0.168. The zero-order valence-corrected chi connectivity index (χ0v) is 30.5. The van der Waals surface area contributed by atoms with E-state index in [1.165, 1.54) is 54.7 Å². The van der Waals surface area contributed by atoms with Crippen LogP contribution in [0.2, 0.25) is 0 Å². The molecule has 3 nitrogen and oxygen atoms in total. The van der Waals surface area contributed by atoms with Crippen LogP contribution in [0.25, 0.3) is 99.8 Å². The van der Waals surface area contributed by atoms with E-state index in [-0.39, 0.29) is 0 Å². The van der Waals surface area contributed by atoms with Crippen LogP contribution in [0.4, 0.5) is 0 Å². The van der Waals surface area contributed by atoms with Gasteiger partial charge in [-0.1, -0.05) is 152 Å². The Bertz CT molecular complexity index is 3150. The lowest BCUT2D eigenvalue weighted by Gasteiger charge is -2.13. The third kappa shape index (κ3) is 5.32. The summed E-state index contributed by atoms with van der Waals surface area (Å²) in [7, 11) is 0. The fourth-order valence-electron chi connectivity index (χ4n) is 8.45. The Morgan fingerprint density at radius 1 is 0.250 bits per heavy atom. The van der Waals surface area contributed by atoms with Crippen molar-refractivity contribution in [3.05, 3.63) is 212 Å². The third-order valence-electron chi connectivity index (χ3n) is 11.1. The molecular formula is C53H35N3. The number of hydrogen-bond acceptors (Lipinski definition) is 1. The molecule has 0 N–H and O–H groups in total. The summed E-state index contributed by atoms with van der Waals surface area (Å²) < 4.78 is 4.80. The maximum Gasteiger partial charge on any atom is 0.0715 e. The lowest BCUT2D eigenvalue weighted by Crippen LogP contribution is -1.95. The van der Waals surface area contributed by atoms with E-state index in [9.17, 15) is 0 Å². The van der Waals surface area contributed by atoms with Crippen molar-refractivity contribution in [2.45, 2.75) is 0 Å². The van der Waals surface area contributed by atoms with Crippen LogP contribution >= 0.6 is 0 Å². The number of rotatable bonds is 6. The van der Waals surface area contributed by atoms with E-state index in [0.717, 1.165) is 45.0 Å². The number of benzene rings is 8. The van der Waals surface area contributed by atoms with Crippen molar-refractivity contribution >= 4 is 43.6 Å². The van der Waals surface area contributed by atoms with Gasteiger partial charge >= 0.3 is 0 Å². The molecule has 3 heteroatoms. The van der Waals surface area contributed by atoms with Gasteiger partial charge in [-0.2, -0.15) is 0 Å². The van der Waals surface area contributed by atoms with Gasteiger partial charge in [0, 0.05) is 44.0 Å². The van der Waals surface area contributed by atoms with Gasteiger partial charge in [0.2, 0.25) is 0 Å². The first kappa shape index (κ1) is 32.0. The number of nitrogens with zero attached hydrogens (tertiary/aromatic N) is 3. The second-order valence-electron chi connectivity index (χ2n) is 14.4. The number of aromatic nitrogens is 3. The molecule has 0 aliphatic rings. The standard InChI is InChI=1S/C53H35N3/c1-4-14-37(15-5-1)48-32-41(33-49(54-48)38-16-6-2-7-17-38)36-24-28-43(29-25-36)56-51-23-13-11-21-45(51)47-31-27-40(35-53(47)56)39-26-30-46-44-20-10-12-22-50(44)55(52(46)34-39)42-18-8-3-9-19-42/h1-35H. The molecule has 0 radical (unpaired) electrons. The molecule has 56 heavy (non-hydrogen) atoms. The first-order chi connectivity index (χ1) is 27.8. The monoisotopic (exact) mass is 713 g/mol. The van der Waals surface area contributed by atoms with Crippen LogP contribution in [-0.2, 0) is 0 Å². The summed E-state index contributed by atoms with van der Waals surface area (Å²) in [6.45, 7) is 0. The Kier molecular flexibility index (Phi) is 7.49. The van der Waals surface area contributed by atoms with E-state index in [4.69, 9.17) is 4.98 Å². The zero-order valence-electron chi connectivity index (χ0n) is 30.5. The lowest BCUT2D eigenvalue weighted by atomic mass is 9.99. The maximum atomic E-state index is 5.10. The number of pyridine rings is 1. The van der Waals surface area contributed by atoms with Crippen LogP contribution in [-0.4, -0.2) is 14.1 Å². The van der Waals surface area contributed by atoms with E-state index >= 15 is 0 Å². The van der Waals surface area contributed by atoms with Crippen LogP contribution in [0.15, 0.2) is 212 Å². The van der Waals surface area contributed by atoms with Gasteiger partial charge in [0.25, 0.3) is 0 Å². The topological polar surface area (TPSA) is 22.8 Å². The summed E-state index contributed by atoms with van der Waals surface area (Å²) in [5.74, 6) is 0. The Morgan fingerprint density at radius 3 is 1.14 bits per heavy atom. The summed E-state index contributed by atoms with van der Waals surface area (Å²) >= 11 is 0. The highest BCUT2D eigenvalue weighted by atomic mass is 15.0. The van der Waals surface area contributed by atoms with Gasteiger partial charge in [-0.3, -0.25) is 0 Å². The van der Waals surface area contributed by atoms with Crippen LogP contribution in [0.5, 0.6) is 0 Å². The smallest absolute Gasteiger partial charge is 0.0715 e. The van der Waals surface area contributed by atoms with Crippen molar-refractivity contribution in [3.63, 3.8) is 0 Å². The summed E-state index contributed by atoms with van der Waals surface area (Å²) in [5, 5.41) is 5.00. The van der Waals surface area contributed by atoms with Gasteiger partial charge in [0.1, 0.15) is 0 Å². The second kappa shape index (κ2) is 13.1. The molecule has 0 bridgehead atoms. The molecular weight excluding hydrogens is 679 g/mol. The van der Waals surface area contributed by atoms with E-state index in [2.05, 4.69) is 209 Å². The van der Waals surface area contributed by atoms with Gasteiger partial charge in [0.05, 0.1) is 33.5 Å². The van der Waals surface area contributed by atoms with Gasteiger partial charge in [0.15, 0.2) is 0 Å². The van der Waals surface area contributed by atoms with Crippen LogP contribution < -0.4 is 0 Å². The fourth-order valence-corrected chi connectivity index (χ4v) is 8.45. The highest BCUT2D eigenvalue weighted by molar-refractivity contribution is 6.12. The molecule has 0 saturated carbocycles. The first-order valence-electron chi connectivity index (χ1n) is 19.1. The minimum Gasteiger partial charge on any atom is -0.309 e. The van der Waals surface area contributed by atoms with E-state index < -0.39 is 0 Å². The van der Waals surface area contributed by atoms with E-state index in [1.807, 2.05) is 12.1 Å². The Morgan fingerprint density at radius 2 is 0.643 bits per heavy atom. The largest absolute Gasteiger partial charge is 0.309 e. The summed E-state index contributed by atoms with van der Waals surface area (Å²) in [4.78, 5) is 5.10. The normalized spacial score (nSPS) is 11.6. The molecule has 0 aliphatic carbocycles. The molecule has 8 aromatic carbocycles. The molecule has 11 rings (SSSR count). The molecule has 0 unspecified atom stereocenters. The highest BCUT2D eigenvalue weighted by Gasteiger charge is 2.17. The number of fused-ring (bicyclic) bond motifs is 6. The molecule has 0 amide bonds. The molecule has 0 saturated heterocycles. The Balaban J connectivity index is 1.04. The number of hydrogen-bond donors (Lipinski definition) is 0. The molecule has 3 aromatic heterocycles. The Hall–Kier alpha value is -7.49. The average molecular weight is 714 g/mol. The Labute approximate surface area is 325 Å². The van der Waals surface area contributed by atoms with Crippen LogP contribution in [0, 0.1) is 0 Å². The molecule has 0 atom stereocenters. The van der Waals surface area contributed by atoms with E-state index in [0.29, 0.717) is 0 Å². The minimum absolute atomic E-state index is 0.961. The van der Waals surface area contributed by atoms with E-state index in [1.54, 1.807) is 0 Å². The molecule has 0 spiro atoms. The fraction of sp³-hybridized carbons (Fsp3) is 0. The van der Waals surface area contributed by atoms with Gasteiger partial charge in [-0.25, -0.2) is 4.98 Å². The molecule has 11 aromatic rings. The predicted octanol–water partition coefficient (Wildman–Crippen LogP) is 13.9. The molecule has 3 heterocycles. The van der Waals surface area contributed by atoms with Crippen molar-refractivity contribution in [3.8, 4) is 56.1 Å². The predicted molar refractivity (Wildman–Crippen MR) is 235 cm³/mol. The lowest BCUT2D eigenvalue weighted by molar-refractivity contribution is 1.18. The summed E-state index contributed by atoms with van der Waals surface area (Å²) in [5.41, 5.74) is 15.9. The first-order valence-corrected chi connectivity index (χ1v) is 19.1. The van der Waals surface area contributed by atoms with Crippen molar-refractivity contribution in [1.82, 2.24) is 14.1 Å². The zero-order chi connectivity index (χ0) is 37.0. The molecule has 0 fully saturated rings. The maximum absolute atomic E-state index is 5.10. The van der Waals surface area contributed by atoms with Crippen molar-refractivity contribution in [1.29, 1.82) is 0 Å². The molecule has 0 aliphatic heterocycles. The van der Waals surface area contributed by atoms with Crippen LogP contribution in [0.1, 0.15) is 0 Å². The minimum atomic E-state index is 0.961. The SMILES string of the molecule is c1ccc(-c2cc(-c3ccc(-n4c5ccccc5c5ccc(-c6ccc7c8ccccc8n(-c8ccccc8)c7c6)cc54)cc3)cc(-c3ccccc3)n2)cc1. The molecule has 262 valence electrons. The average Bonchev–Trinajstić information content (AvgIpc) is 3.79. The second-order valence-corrected chi connectivity index (χ2v) is 14.4.